The normalized spacial score (nSPS) is 23.1. The zero-order chi connectivity index (χ0) is 17.1. The van der Waals surface area contributed by atoms with Crippen molar-refractivity contribution in [3.8, 4) is 0 Å². The molecule has 2 fully saturated rings. The molecule has 1 atom stereocenters. The van der Waals surface area contributed by atoms with Gasteiger partial charge in [-0.3, -0.25) is 9.80 Å². The number of likely N-dealkylation sites (tertiary alicyclic amines) is 1. The lowest BCUT2D eigenvalue weighted by Crippen LogP contribution is -2.55. The van der Waals surface area contributed by atoms with E-state index in [1.807, 2.05) is 12.1 Å². The van der Waals surface area contributed by atoms with Crippen LogP contribution in [-0.4, -0.2) is 55.1 Å². The van der Waals surface area contributed by atoms with Crippen LogP contribution >= 0.6 is 11.3 Å². The van der Waals surface area contributed by atoms with Crippen LogP contribution in [0.3, 0.4) is 0 Å². The van der Waals surface area contributed by atoms with Gasteiger partial charge in [0, 0.05) is 45.3 Å². The van der Waals surface area contributed by atoms with E-state index in [-0.39, 0.29) is 5.82 Å². The third kappa shape index (κ3) is 4.05. The molecule has 2 aromatic rings. The van der Waals surface area contributed by atoms with Crippen LogP contribution in [-0.2, 0) is 6.54 Å². The van der Waals surface area contributed by atoms with Crippen molar-refractivity contribution in [2.75, 3.05) is 44.2 Å². The Kier molecular flexibility index (Phi) is 5.34. The summed E-state index contributed by atoms with van der Waals surface area (Å²) < 4.78 is 14.0. The first kappa shape index (κ1) is 17.0. The van der Waals surface area contributed by atoms with Gasteiger partial charge in [0.25, 0.3) is 0 Å². The molecule has 0 saturated carbocycles. The number of nitrogens with zero attached hydrogens (tertiary/aromatic N) is 3. The van der Waals surface area contributed by atoms with Crippen molar-refractivity contribution in [2.45, 2.75) is 25.4 Å². The maximum Gasteiger partial charge on any atom is 0.146 e. The van der Waals surface area contributed by atoms with Gasteiger partial charge in [0.2, 0.25) is 0 Å². The predicted octanol–water partition coefficient (Wildman–Crippen LogP) is 3.67. The Bertz CT molecular complexity index is 667. The average Bonchev–Trinajstić information content (AvgIpc) is 3.16. The van der Waals surface area contributed by atoms with Crippen LogP contribution in [0.4, 0.5) is 10.1 Å². The molecular weight excluding hydrogens is 333 g/mol. The molecule has 3 heterocycles. The third-order valence-electron chi connectivity index (χ3n) is 5.49. The Morgan fingerprint density at radius 3 is 2.64 bits per heavy atom. The van der Waals surface area contributed by atoms with Crippen LogP contribution in [0.25, 0.3) is 0 Å². The summed E-state index contributed by atoms with van der Waals surface area (Å²) in [4.78, 5) is 7.41. The first-order valence-corrected chi connectivity index (χ1v) is 10.2. The first-order valence-electron chi connectivity index (χ1n) is 9.26. The van der Waals surface area contributed by atoms with Crippen molar-refractivity contribution in [1.29, 1.82) is 0 Å². The van der Waals surface area contributed by atoms with Crippen molar-refractivity contribution in [3.63, 3.8) is 0 Å². The molecule has 0 unspecified atom stereocenters. The Balaban J connectivity index is 1.32. The first-order chi connectivity index (χ1) is 12.3. The number of thiophene rings is 1. The number of anilines is 1. The molecule has 5 heteroatoms. The second-order valence-corrected chi connectivity index (χ2v) is 7.92. The van der Waals surface area contributed by atoms with E-state index in [0.717, 1.165) is 45.0 Å². The van der Waals surface area contributed by atoms with Gasteiger partial charge in [-0.15, -0.1) is 0 Å². The van der Waals surface area contributed by atoms with Crippen molar-refractivity contribution in [1.82, 2.24) is 9.80 Å². The molecule has 0 radical (unpaired) electrons. The van der Waals surface area contributed by atoms with Crippen LogP contribution in [0.1, 0.15) is 18.4 Å². The van der Waals surface area contributed by atoms with Crippen molar-refractivity contribution >= 4 is 17.0 Å². The number of hydrogen-bond acceptors (Lipinski definition) is 4. The summed E-state index contributed by atoms with van der Waals surface area (Å²) in [6, 6.07) is 10.0. The topological polar surface area (TPSA) is 9.72 Å². The zero-order valence-corrected chi connectivity index (χ0v) is 15.4. The molecule has 0 aliphatic carbocycles. The van der Waals surface area contributed by atoms with Crippen LogP contribution in [0, 0.1) is 5.82 Å². The lowest BCUT2D eigenvalue weighted by molar-refractivity contribution is 0.0887. The quantitative estimate of drug-likeness (QED) is 0.825. The van der Waals surface area contributed by atoms with E-state index in [2.05, 4.69) is 31.5 Å². The fraction of sp³-hybridized carbons (Fsp3) is 0.500. The van der Waals surface area contributed by atoms with Crippen molar-refractivity contribution in [3.05, 3.63) is 52.5 Å². The summed E-state index contributed by atoms with van der Waals surface area (Å²) in [6.07, 6.45) is 2.57. The number of hydrogen-bond donors (Lipinski definition) is 0. The molecule has 134 valence electrons. The van der Waals surface area contributed by atoms with Gasteiger partial charge in [-0.1, -0.05) is 12.1 Å². The van der Waals surface area contributed by atoms with Crippen LogP contribution < -0.4 is 4.90 Å². The lowest BCUT2D eigenvalue weighted by atomic mass is 10.0. The smallest absolute Gasteiger partial charge is 0.146 e. The highest BCUT2D eigenvalue weighted by molar-refractivity contribution is 7.07. The monoisotopic (exact) mass is 359 g/mol. The summed E-state index contributed by atoms with van der Waals surface area (Å²) in [6.45, 7) is 7.35. The zero-order valence-electron chi connectivity index (χ0n) is 14.6. The Morgan fingerprint density at radius 2 is 1.88 bits per heavy atom. The standard InChI is InChI=1S/C20H26FN3S/c21-19-5-1-2-6-20(19)24-11-9-23(10-12-24)18-4-3-8-22(15-18)14-17-7-13-25-16-17/h1-2,5-7,13,16,18H,3-4,8-12,14-15H2/t18-/m0/s1. The highest BCUT2D eigenvalue weighted by atomic mass is 32.1. The van der Waals surface area contributed by atoms with E-state index in [0.29, 0.717) is 6.04 Å². The number of rotatable bonds is 4. The molecule has 2 aliphatic heterocycles. The number of benzene rings is 1. The molecular formula is C20H26FN3S. The fourth-order valence-electron chi connectivity index (χ4n) is 4.15. The van der Waals surface area contributed by atoms with Crippen LogP contribution in [0.2, 0.25) is 0 Å². The molecule has 1 aromatic heterocycles. The van der Waals surface area contributed by atoms with Gasteiger partial charge in [0.15, 0.2) is 0 Å². The second kappa shape index (κ2) is 7.85. The lowest BCUT2D eigenvalue weighted by Gasteiger charge is -2.44. The van der Waals surface area contributed by atoms with E-state index in [1.165, 1.54) is 24.9 Å². The molecule has 3 nitrogen and oxygen atoms in total. The maximum absolute atomic E-state index is 14.0. The summed E-state index contributed by atoms with van der Waals surface area (Å²) in [7, 11) is 0. The molecule has 0 bridgehead atoms. The maximum atomic E-state index is 14.0. The van der Waals surface area contributed by atoms with Crippen LogP contribution in [0.5, 0.6) is 0 Å². The molecule has 4 rings (SSSR count). The number of para-hydroxylation sites is 1. The Hall–Kier alpha value is -1.43. The highest BCUT2D eigenvalue weighted by Crippen LogP contribution is 2.23. The molecule has 1 aromatic carbocycles. The average molecular weight is 360 g/mol. The minimum atomic E-state index is -0.101. The SMILES string of the molecule is Fc1ccccc1N1CCN([C@H]2CCCN(Cc3ccsc3)C2)CC1. The Morgan fingerprint density at radius 1 is 1.04 bits per heavy atom. The minimum absolute atomic E-state index is 0.101. The van der Waals surface area contributed by atoms with E-state index in [1.54, 1.807) is 23.5 Å². The van der Waals surface area contributed by atoms with Gasteiger partial charge in [-0.05, 0) is 53.9 Å². The number of piperidine rings is 1. The third-order valence-corrected chi connectivity index (χ3v) is 6.22. The molecule has 0 N–H and O–H groups in total. The van der Waals surface area contributed by atoms with E-state index in [4.69, 9.17) is 0 Å². The number of piperazine rings is 1. The summed E-state index contributed by atoms with van der Waals surface area (Å²) >= 11 is 1.78. The molecule has 2 saturated heterocycles. The predicted molar refractivity (Wildman–Crippen MR) is 103 cm³/mol. The van der Waals surface area contributed by atoms with E-state index < -0.39 is 0 Å². The summed E-state index contributed by atoms with van der Waals surface area (Å²) in [5, 5.41) is 4.43. The van der Waals surface area contributed by atoms with E-state index >= 15 is 0 Å². The van der Waals surface area contributed by atoms with Crippen molar-refractivity contribution in [2.24, 2.45) is 0 Å². The molecule has 0 amide bonds. The molecule has 25 heavy (non-hydrogen) atoms. The fourth-order valence-corrected chi connectivity index (χ4v) is 4.81. The van der Waals surface area contributed by atoms with Gasteiger partial charge < -0.3 is 4.90 Å². The highest BCUT2D eigenvalue weighted by Gasteiger charge is 2.28. The minimum Gasteiger partial charge on any atom is -0.367 e. The van der Waals surface area contributed by atoms with Gasteiger partial charge in [-0.2, -0.15) is 11.3 Å². The molecule has 2 aliphatic rings. The largest absolute Gasteiger partial charge is 0.367 e. The van der Waals surface area contributed by atoms with Gasteiger partial charge in [-0.25, -0.2) is 4.39 Å². The Labute approximate surface area is 153 Å². The molecule has 0 spiro atoms. The van der Waals surface area contributed by atoms with Crippen LogP contribution in [0.15, 0.2) is 41.1 Å². The van der Waals surface area contributed by atoms with E-state index in [9.17, 15) is 4.39 Å². The van der Waals surface area contributed by atoms with Gasteiger partial charge in [0.1, 0.15) is 5.82 Å². The van der Waals surface area contributed by atoms with Gasteiger partial charge in [0.05, 0.1) is 5.69 Å². The van der Waals surface area contributed by atoms with Crippen molar-refractivity contribution < 1.29 is 4.39 Å². The van der Waals surface area contributed by atoms with Gasteiger partial charge >= 0.3 is 0 Å². The summed E-state index contributed by atoms with van der Waals surface area (Å²) in [5.41, 5.74) is 2.19. The number of halogens is 1. The second-order valence-electron chi connectivity index (χ2n) is 7.14. The summed E-state index contributed by atoms with van der Waals surface area (Å²) in [5.74, 6) is -0.101.